The summed E-state index contributed by atoms with van der Waals surface area (Å²) in [4.78, 5) is 35.3. The van der Waals surface area contributed by atoms with Crippen LogP contribution >= 0.6 is 0 Å². The van der Waals surface area contributed by atoms with Crippen LogP contribution in [0.4, 0.5) is 5.69 Å². The highest BCUT2D eigenvalue weighted by molar-refractivity contribution is 6.04. The van der Waals surface area contributed by atoms with Crippen LogP contribution in [0.1, 0.15) is 43.6 Å². The van der Waals surface area contributed by atoms with E-state index in [2.05, 4.69) is 10.6 Å². The Morgan fingerprint density at radius 1 is 1.03 bits per heavy atom. The number of carbonyl (C=O) groups excluding carboxylic acids is 3. The zero-order valence-electron chi connectivity index (χ0n) is 17.1. The summed E-state index contributed by atoms with van der Waals surface area (Å²) in [5, 5.41) is 5.61. The monoisotopic (exact) mass is 394 g/mol. The van der Waals surface area contributed by atoms with Gasteiger partial charge in [-0.2, -0.15) is 0 Å². The van der Waals surface area contributed by atoms with E-state index in [4.69, 9.17) is 4.74 Å². The largest absolute Gasteiger partial charge is 0.427 e. The lowest BCUT2D eigenvalue weighted by Crippen LogP contribution is -2.21. The average Bonchev–Trinajstić information content (AvgIpc) is 2.65. The zero-order valence-corrected chi connectivity index (χ0v) is 17.1. The first-order valence-corrected chi connectivity index (χ1v) is 9.28. The van der Waals surface area contributed by atoms with Crippen molar-refractivity contribution in [2.24, 2.45) is 5.41 Å². The molecule has 0 heterocycles. The summed E-state index contributed by atoms with van der Waals surface area (Å²) >= 11 is 0. The molecule has 0 radical (unpaired) electrons. The quantitative estimate of drug-likeness (QED) is 0.439. The molecular weight excluding hydrogens is 368 g/mol. The van der Waals surface area contributed by atoms with Gasteiger partial charge in [0.15, 0.2) is 0 Å². The summed E-state index contributed by atoms with van der Waals surface area (Å²) in [6.45, 7) is 7.77. The first-order chi connectivity index (χ1) is 13.6. The number of allylic oxidation sites excluding steroid dienone is 1. The molecule has 2 N–H and O–H groups in total. The molecule has 2 amide bonds. The van der Waals surface area contributed by atoms with E-state index in [1.807, 2.05) is 39.0 Å². The molecule has 0 aliphatic rings. The lowest BCUT2D eigenvalue weighted by atomic mass is 9.96. The predicted molar refractivity (Wildman–Crippen MR) is 113 cm³/mol. The van der Waals surface area contributed by atoms with E-state index in [0.717, 1.165) is 5.56 Å². The molecule has 0 saturated heterocycles. The van der Waals surface area contributed by atoms with Crippen molar-refractivity contribution in [1.82, 2.24) is 5.32 Å². The Balaban J connectivity index is 1.92. The number of esters is 1. The number of rotatable bonds is 6. The molecule has 2 aromatic rings. The van der Waals surface area contributed by atoms with Gasteiger partial charge in [0.05, 0.1) is 0 Å². The molecule has 0 aliphatic heterocycles. The topological polar surface area (TPSA) is 84.5 Å². The van der Waals surface area contributed by atoms with Crippen molar-refractivity contribution in [1.29, 1.82) is 0 Å². The first-order valence-electron chi connectivity index (χ1n) is 9.28. The number of hydrogen-bond acceptors (Lipinski definition) is 4. The third-order valence-corrected chi connectivity index (χ3v) is 3.77. The molecule has 6 nitrogen and oxygen atoms in total. The highest BCUT2D eigenvalue weighted by atomic mass is 16.5. The lowest BCUT2D eigenvalue weighted by molar-refractivity contribution is -0.131. The van der Waals surface area contributed by atoms with Gasteiger partial charge in [0.2, 0.25) is 5.91 Å². The molecule has 0 saturated carbocycles. The summed E-state index contributed by atoms with van der Waals surface area (Å²) in [7, 11) is 0. The van der Waals surface area contributed by atoms with E-state index < -0.39 is 5.97 Å². The average molecular weight is 394 g/mol. The van der Waals surface area contributed by atoms with Crippen LogP contribution in [0.15, 0.2) is 60.7 Å². The minimum Gasteiger partial charge on any atom is -0.427 e. The maximum atomic E-state index is 12.4. The fraction of sp³-hybridized carbons (Fsp3) is 0.261. The number of amides is 2. The molecular formula is C23H26N2O4. The van der Waals surface area contributed by atoms with Crippen molar-refractivity contribution in [2.45, 2.75) is 34.2 Å². The van der Waals surface area contributed by atoms with E-state index in [1.165, 1.54) is 13.0 Å². The van der Waals surface area contributed by atoms with Crippen LogP contribution in [0.2, 0.25) is 0 Å². The van der Waals surface area contributed by atoms with Crippen molar-refractivity contribution < 1.29 is 19.1 Å². The number of benzene rings is 2. The van der Waals surface area contributed by atoms with Crippen molar-refractivity contribution in [3.05, 3.63) is 71.8 Å². The molecule has 0 bridgehead atoms. The second kappa shape index (κ2) is 9.68. The summed E-state index contributed by atoms with van der Waals surface area (Å²) < 4.78 is 4.99. The van der Waals surface area contributed by atoms with Crippen LogP contribution in [0, 0.1) is 5.41 Å². The number of carbonyl (C=O) groups is 3. The molecule has 0 unspecified atom stereocenters. The maximum Gasteiger partial charge on any atom is 0.308 e. The highest BCUT2D eigenvalue weighted by Crippen LogP contribution is 2.16. The first kappa shape index (κ1) is 21.9. The Morgan fingerprint density at radius 2 is 1.72 bits per heavy atom. The van der Waals surface area contributed by atoms with Gasteiger partial charge in [0.25, 0.3) is 5.91 Å². The van der Waals surface area contributed by atoms with Crippen LogP contribution in [-0.2, 0) is 16.1 Å². The maximum absolute atomic E-state index is 12.4. The van der Waals surface area contributed by atoms with E-state index in [-0.39, 0.29) is 17.2 Å². The highest BCUT2D eigenvalue weighted by Gasteiger charge is 2.09. The second-order valence-electron chi connectivity index (χ2n) is 7.69. The van der Waals surface area contributed by atoms with Crippen LogP contribution in [0.25, 0.3) is 0 Å². The number of nitrogens with one attached hydrogen (secondary N) is 2. The zero-order chi connectivity index (χ0) is 21.4. The number of anilines is 1. The van der Waals surface area contributed by atoms with Gasteiger partial charge in [-0.25, -0.2) is 0 Å². The van der Waals surface area contributed by atoms with Gasteiger partial charge in [0.1, 0.15) is 5.75 Å². The van der Waals surface area contributed by atoms with E-state index in [1.54, 1.807) is 36.4 Å². The van der Waals surface area contributed by atoms with E-state index >= 15 is 0 Å². The molecule has 6 heteroatoms. The molecule has 152 valence electrons. The lowest BCUT2D eigenvalue weighted by Gasteiger charge is -2.11. The molecule has 2 rings (SSSR count). The third kappa shape index (κ3) is 8.01. The Labute approximate surface area is 171 Å². The van der Waals surface area contributed by atoms with Crippen LogP contribution < -0.4 is 15.4 Å². The van der Waals surface area contributed by atoms with Crippen molar-refractivity contribution in [2.75, 3.05) is 5.32 Å². The molecule has 29 heavy (non-hydrogen) atoms. The molecule has 0 fully saturated rings. The van der Waals surface area contributed by atoms with Gasteiger partial charge in [-0.05, 0) is 47.4 Å². The molecule has 0 aromatic heterocycles. The Kier molecular flexibility index (Phi) is 7.31. The van der Waals surface area contributed by atoms with Gasteiger partial charge in [-0.1, -0.05) is 45.0 Å². The Morgan fingerprint density at radius 3 is 2.34 bits per heavy atom. The number of ether oxygens (including phenoxy) is 1. The van der Waals surface area contributed by atoms with Gasteiger partial charge in [-0.15, -0.1) is 0 Å². The number of hydrogen-bond donors (Lipinski definition) is 2. The van der Waals surface area contributed by atoms with Gasteiger partial charge in [-0.3, -0.25) is 14.4 Å². The SMILES string of the molecule is CC(=O)Oc1cccc(C(=O)Nc2ccc(CNC(=O)/C=C/C(C)(C)C)cc2)c1. The van der Waals surface area contributed by atoms with Gasteiger partial charge >= 0.3 is 5.97 Å². The van der Waals surface area contributed by atoms with Gasteiger partial charge < -0.3 is 15.4 Å². The fourth-order valence-corrected chi connectivity index (χ4v) is 2.35. The van der Waals surface area contributed by atoms with Crippen molar-refractivity contribution in [3.8, 4) is 5.75 Å². The summed E-state index contributed by atoms with van der Waals surface area (Å²) in [6.07, 6.45) is 3.40. The summed E-state index contributed by atoms with van der Waals surface area (Å²) in [5.41, 5.74) is 1.87. The Bertz CT molecular complexity index is 909. The van der Waals surface area contributed by atoms with E-state index in [0.29, 0.717) is 23.5 Å². The molecule has 2 aromatic carbocycles. The van der Waals surface area contributed by atoms with Crippen LogP contribution in [0.5, 0.6) is 5.75 Å². The minimum absolute atomic E-state index is 0.0467. The fourth-order valence-electron chi connectivity index (χ4n) is 2.35. The molecule has 0 spiro atoms. The summed E-state index contributed by atoms with van der Waals surface area (Å²) in [6, 6.07) is 13.6. The predicted octanol–water partition coefficient (Wildman–Crippen LogP) is 4.08. The van der Waals surface area contributed by atoms with Crippen molar-refractivity contribution >= 4 is 23.5 Å². The standard InChI is InChI=1S/C23H26N2O4/c1-16(26)29-20-7-5-6-18(14-20)22(28)25-19-10-8-17(9-11-19)15-24-21(27)12-13-23(2,3)4/h5-14H,15H2,1-4H3,(H,24,27)(H,25,28)/b13-12+. The molecule has 0 atom stereocenters. The molecule has 0 aliphatic carbocycles. The smallest absolute Gasteiger partial charge is 0.308 e. The van der Waals surface area contributed by atoms with Gasteiger partial charge in [0, 0.05) is 24.7 Å². The minimum atomic E-state index is -0.445. The normalized spacial score (nSPS) is 11.2. The van der Waals surface area contributed by atoms with Crippen LogP contribution in [-0.4, -0.2) is 17.8 Å². The third-order valence-electron chi connectivity index (χ3n) is 3.77. The summed E-state index contributed by atoms with van der Waals surface area (Å²) in [5.74, 6) is -0.590. The van der Waals surface area contributed by atoms with Crippen LogP contribution in [0.3, 0.4) is 0 Å². The van der Waals surface area contributed by atoms with Crippen molar-refractivity contribution in [3.63, 3.8) is 0 Å². The van der Waals surface area contributed by atoms with E-state index in [9.17, 15) is 14.4 Å². The Hall–Kier alpha value is -3.41. The second-order valence-corrected chi connectivity index (χ2v) is 7.69.